The van der Waals surface area contributed by atoms with Crippen molar-refractivity contribution in [2.75, 3.05) is 0 Å². The molecule has 3 aliphatic rings. The summed E-state index contributed by atoms with van der Waals surface area (Å²) in [7, 11) is 0. The van der Waals surface area contributed by atoms with Crippen LogP contribution in [-0.4, -0.2) is 22.1 Å². The van der Waals surface area contributed by atoms with Crippen LogP contribution in [0.2, 0.25) is 0 Å². The van der Waals surface area contributed by atoms with Crippen LogP contribution in [0.15, 0.2) is 84.7 Å². The standard InChI is InChI=1S/C20H15BF2N2O/c22-21(23)24-13-3-7-18(24)20(19-8-4-14-25(19)21)26-17-11-9-16(10-12-17)15-5-1-2-6-15/h1-15H. The third-order valence-electron chi connectivity index (χ3n) is 4.93. The van der Waals surface area contributed by atoms with Gasteiger partial charge in [0, 0.05) is 18.1 Å². The molecule has 6 heteroatoms. The highest BCUT2D eigenvalue weighted by atomic mass is 19.2. The molecule has 1 aliphatic carbocycles. The molecule has 0 radical (unpaired) electrons. The molecule has 0 spiro atoms. The van der Waals surface area contributed by atoms with Gasteiger partial charge < -0.3 is 22.3 Å². The van der Waals surface area contributed by atoms with Crippen LogP contribution in [0.3, 0.4) is 0 Å². The van der Waals surface area contributed by atoms with Crippen molar-refractivity contribution in [3.8, 4) is 5.75 Å². The smallest absolute Gasteiger partial charge is 0.448 e. The molecule has 3 heterocycles. The molecule has 1 aromatic carbocycles. The summed E-state index contributed by atoms with van der Waals surface area (Å²) in [5, 5.41) is 0. The molecule has 0 atom stereocenters. The first-order chi connectivity index (χ1) is 12.6. The van der Waals surface area contributed by atoms with Crippen molar-refractivity contribution in [1.82, 2.24) is 4.48 Å². The SMILES string of the molecule is F[B-]1(F)n2cccc2C(Oc2ccc(C3C=CC=C3)cc2)=C2C=CC=[N+]21. The molecule has 0 N–H and O–H groups in total. The second kappa shape index (κ2) is 5.43. The third kappa shape index (κ3) is 2.15. The number of ether oxygens (including phenoxy) is 1. The summed E-state index contributed by atoms with van der Waals surface area (Å²) in [6.45, 7) is -3.89. The topological polar surface area (TPSA) is 17.2 Å². The first-order valence-corrected chi connectivity index (χ1v) is 8.51. The fourth-order valence-corrected chi connectivity index (χ4v) is 3.61. The van der Waals surface area contributed by atoms with E-state index in [2.05, 4.69) is 12.2 Å². The molecule has 2 aromatic rings. The highest BCUT2D eigenvalue weighted by Crippen LogP contribution is 2.36. The zero-order valence-electron chi connectivity index (χ0n) is 13.8. The van der Waals surface area contributed by atoms with Crippen LogP contribution >= 0.6 is 0 Å². The van der Waals surface area contributed by atoms with E-state index >= 15 is 0 Å². The number of nitrogens with zero attached hydrogens (tertiary/aromatic N) is 2. The average molecular weight is 348 g/mol. The number of halogens is 2. The van der Waals surface area contributed by atoms with E-state index in [1.54, 1.807) is 24.3 Å². The van der Waals surface area contributed by atoms with Crippen LogP contribution in [-0.2, 0) is 0 Å². The lowest BCUT2D eigenvalue weighted by Gasteiger charge is -2.30. The quantitative estimate of drug-likeness (QED) is 0.755. The molecule has 2 aliphatic heterocycles. The predicted octanol–water partition coefficient (Wildman–Crippen LogP) is 4.33. The molecule has 26 heavy (non-hydrogen) atoms. The number of rotatable bonds is 3. The van der Waals surface area contributed by atoms with Gasteiger partial charge in [-0.15, -0.1) is 0 Å². The van der Waals surface area contributed by atoms with E-state index in [1.165, 1.54) is 12.4 Å². The van der Waals surface area contributed by atoms with E-state index in [0.717, 1.165) is 14.5 Å². The monoisotopic (exact) mass is 348 g/mol. The predicted molar refractivity (Wildman–Crippen MR) is 98.3 cm³/mol. The van der Waals surface area contributed by atoms with Gasteiger partial charge in [0.2, 0.25) is 11.5 Å². The van der Waals surface area contributed by atoms with Crippen LogP contribution < -0.4 is 4.74 Å². The Morgan fingerprint density at radius 3 is 2.54 bits per heavy atom. The van der Waals surface area contributed by atoms with Gasteiger partial charge in [-0.05, 0) is 36.0 Å². The maximum absolute atomic E-state index is 14.7. The van der Waals surface area contributed by atoms with Crippen LogP contribution in [0.4, 0.5) is 8.63 Å². The van der Waals surface area contributed by atoms with Crippen molar-refractivity contribution in [3.05, 3.63) is 96.0 Å². The summed E-state index contributed by atoms with van der Waals surface area (Å²) in [6, 6.07) is 11.0. The third-order valence-corrected chi connectivity index (χ3v) is 4.93. The molecular weight excluding hydrogens is 333 g/mol. The molecule has 0 unspecified atom stereocenters. The number of aromatic nitrogens is 1. The van der Waals surface area contributed by atoms with E-state index in [4.69, 9.17) is 4.74 Å². The van der Waals surface area contributed by atoms with Gasteiger partial charge in [-0.2, -0.15) is 0 Å². The minimum atomic E-state index is -3.89. The van der Waals surface area contributed by atoms with E-state index in [0.29, 0.717) is 22.9 Å². The zero-order valence-corrected chi connectivity index (χ0v) is 13.8. The average Bonchev–Trinajstić information content (AvgIpc) is 3.41. The normalized spacial score (nSPS) is 19.7. The van der Waals surface area contributed by atoms with Gasteiger partial charge in [0.15, 0.2) is 0 Å². The molecule has 5 rings (SSSR count). The Morgan fingerprint density at radius 2 is 1.77 bits per heavy atom. The van der Waals surface area contributed by atoms with Crippen LogP contribution in [0.5, 0.6) is 5.75 Å². The highest BCUT2D eigenvalue weighted by Gasteiger charge is 2.52. The Kier molecular flexibility index (Phi) is 3.16. The molecule has 0 saturated carbocycles. The molecule has 1 aromatic heterocycles. The summed E-state index contributed by atoms with van der Waals surface area (Å²) in [5.74, 6) is 1.33. The van der Waals surface area contributed by atoms with Crippen molar-refractivity contribution in [1.29, 1.82) is 0 Å². The minimum Gasteiger partial charge on any atom is -0.448 e. The van der Waals surface area contributed by atoms with Gasteiger partial charge in [0.25, 0.3) is 0 Å². The summed E-state index contributed by atoms with van der Waals surface area (Å²) in [4.78, 5) is 0. The molecule has 3 nitrogen and oxygen atoms in total. The van der Waals surface area contributed by atoms with Crippen molar-refractivity contribution in [2.24, 2.45) is 0 Å². The van der Waals surface area contributed by atoms with Gasteiger partial charge in [-0.1, -0.05) is 36.4 Å². The van der Waals surface area contributed by atoms with E-state index < -0.39 is 6.97 Å². The first-order valence-electron chi connectivity index (χ1n) is 8.51. The van der Waals surface area contributed by atoms with Crippen molar-refractivity contribution >= 4 is 18.9 Å². The van der Waals surface area contributed by atoms with Crippen LogP contribution in [0.25, 0.3) is 5.76 Å². The molecule has 0 bridgehead atoms. The van der Waals surface area contributed by atoms with E-state index in [-0.39, 0.29) is 5.92 Å². The summed E-state index contributed by atoms with van der Waals surface area (Å²) in [6.07, 6.45) is 14.3. The van der Waals surface area contributed by atoms with Crippen molar-refractivity contribution < 1.29 is 17.9 Å². The molecule has 0 amide bonds. The molecule has 0 fully saturated rings. The van der Waals surface area contributed by atoms with Crippen LogP contribution in [0, 0.1) is 0 Å². The fraction of sp³-hybridized carbons (Fsp3) is 0.0500. The second-order valence-electron chi connectivity index (χ2n) is 6.49. The van der Waals surface area contributed by atoms with Crippen LogP contribution in [0.1, 0.15) is 17.2 Å². The summed E-state index contributed by atoms with van der Waals surface area (Å²) < 4.78 is 37.4. The number of allylic oxidation sites excluding steroid dienone is 6. The Bertz CT molecular complexity index is 1030. The van der Waals surface area contributed by atoms with Crippen molar-refractivity contribution in [3.63, 3.8) is 0 Å². The fourth-order valence-electron chi connectivity index (χ4n) is 3.61. The Morgan fingerprint density at radius 1 is 1.00 bits per heavy atom. The highest BCUT2D eigenvalue weighted by molar-refractivity contribution is 6.57. The summed E-state index contributed by atoms with van der Waals surface area (Å²) >= 11 is 0. The Balaban J connectivity index is 1.52. The van der Waals surface area contributed by atoms with Crippen molar-refractivity contribution in [2.45, 2.75) is 5.92 Å². The molecule has 0 saturated heterocycles. The Hall–Kier alpha value is -3.15. The zero-order chi connectivity index (χ0) is 17.7. The van der Waals surface area contributed by atoms with E-state index in [1.807, 2.05) is 36.4 Å². The largest absolute Gasteiger partial charge is 0.737 e. The lowest BCUT2D eigenvalue weighted by Crippen LogP contribution is -2.49. The lowest BCUT2D eigenvalue weighted by atomic mass is 9.91. The number of fused-ring (bicyclic) bond motifs is 2. The summed E-state index contributed by atoms with van der Waals surface area (Å²) in [5.41, 5.74) is 1.93. The van der Waals surface area contributed by atoms with Gasteiger partial charge in [0.05, 0.1) is 5.69 Å². The molecular formula is C20H15BF2N2O. The number of benzene rings is 1. The van der Waals surface area contributed by atoms with E-state index in [9.17, 15) is 8.63 Å². The number of hydrogen-bond acceptors (Lipinski definition) is 1. The maximum atomic E-state index is 14.7. The minimum absolute atomic E-state index is 0.280. The molecule has 128 valence electrons. The second-order valence-corrected chi connectivity index (χ2v) is 6.49. The lowest BCUT2D eigenvalue weighted by molar-refractivity contribution is -0.357. The number of hydrogen-bond donors (Lipinski definition) is 0. The van der Waals surface area contributed by atoms with Gasteiger partial charge in [-0.25, -0.2) is 0 Å². The van der Waals surface area contributed by atoms with Gasteiger partial charge in [-0.3, -0.25) is 0 Å². The first kappa shape index (κ1) is 15.1. The van der Waals surface area contributed by atoms with Gasteiger partial charge in [0.1, 0.15) is 12.0 Å². The Labute approximate surface area is 149 Å². The maximum Gasteiger partial charge on any atom is 0.737 e. The van der Waals surface area contributed by atoms with Gasteiger partial charge >= 0.3 is 6.97 Å².